The van der Waals surface area contributed by atoms with Gasteiger partial charge in [0.05, 0.1) is 11.8 Å². The van der Waals surface area contributed by atoms with Gasteiger partial charge in [0, 0.05) is 0 Å². The van der Waals surface area contributed by atoms with Crippen LogP contribution in [0.1, 0.15) is 31.7 Å². The summed E-state index contributed by atoms with van der Waals surface area (Å²) in [7, 11) is 0. The van der Waals surface area contributed by atoms with Gasteiger partial charge >= 0.3 is 11.9 Å². The summed E-state index contributed by atoms with van der Waals surface area (Å²) in [6.07, 6.45) is 0.322. The van der Waals surface area contributed by atoms with Crippen LogP contribution < -0.4 is 0 Å². The van der Waals surface area contributed by atoms with Gasteiger partial charge in [0.1, 0.15) is 0 Å². The highest BCUT2D eigenvalue weighted by molar-refractivity contribution is 5.84. The smallest absolute Gasteiger partial charge is 0.311 e. The Morgan fingerprint density at radius 1 is 1.05 bits per heavy atom. The van der Waals surface area contributed by atoms with E-state index < -0.39 is 23.8 Å². The number of aliphatic carboxylic acids is 2. The van der Waals surface area contributed by atoms with Crippen LogP contribution in [0.25, 0.3) is 0 Å². The van der Waals surface area contributed by atoms with Crippen LogP contribution in [0.2, 0.25) is 0 Å². The first-order valence-corrected chi connectivity index (χ1v) is 7.24. The fraction of sp³-hybridized carbons (Fsp3) is 0.500. The standard InChI is InChI=1S/C16H23NO4/c1-3-17(4-2)11-10-13(15(18)19)14(16(20)21)12-8-6-5-7-9-12/h5-9,13-14H,3-4,10-11H2,1-2H3,(H,18,19)(H,20,21)/t13-,14+/m1/s1. The van der Waals surface area contributed by atoms with Crippen LogP contribution in [-0.4, -0.2) is 46.7 Å². The van der Waals surface area contributed by atoms with Gasteiger partial charge in [-0.15, -0.1) is 0 Å². The normalized spacial score (nSPS) is 13.9. The Morgan fingerprint density at radius 3 is 2.05 bits per heavy atom. The molecule has 1 aromatic rings. The second kappa shape index (κ2) is 8.42. The molecule has 0 aromatic heterocycles. The second-order valence-electron chi connectivity index (χ2n) is 4.99. The lowest BCUT2D eigenvalue weighted by molar-refractivity contribution is -0.150. The van der Waals surface area contributed by atoms with Crippen molar-refractivity contribution >= 4 is 11.9 Å². The molecule has 5 nitrogen and oxygen atoms in total. The van der Waals surface area contributed by atoms with E-state index in [0.717, 1.165) is 13.1 Å². The molecule has 2 atom stereocenters. The van der Waals surface area contributed by atoms with Crippen LogP contribution in [0, 0.1) is 5.92 Å². The number of rotatable bonds is 9. The van der Waals surface area contributed by atoms with Crippen LogP contribution in [0.3, 0.4) is 0 Å². The fourth-order valence-electron chi connectivity index (χ4n) is 2.50. The van der Waals surface area contributed by atoms with E-state index in [0.29, 0.717) is 18.5 Å². The minimum atomic E-state index is -1.09. The fourth-order valence-corrected chi connectivity index (χ4v) is 2.50. The molecule has 116 valence electrons. The minimum Gasteiger partial charge on any atom is -0.481 e. The number of hydrogen-bond donors (Lipinski definition) is 2. The number of carboxylic acid groups (broad SMARTS) is 2. The molecule has 21 heavy (non-hydrogen) atoms. The van der Waals surface area contributed by atoms with Gasteiger partial charge in [0.25, 0.3) is 0 Å². The van der Waals surface area contributed by atoms with Gasteiger partial charge in [-0.25, -0.2) is 0 Å². The van der Waals surface area contributed by atoms with E-state index in [1.807, 2.05) is 13.8 Å². The molecule has 0 saturated heterocycles. The summed E-state index contributed by atoms with van der Waals surface area (Å²) in [5, 5.41) is 18.9. The van der Waals surface area contributed by atoms with Crippen molar-refractivity contribution in [3.05, 3.63) is 35.9 Å². The number of hydrogen-bond acceptors (Lipinski definition) is 3. The topological polar surface area (TPSA) is 77.8 Å². The van der Waals surface area contributed by atoms with Crippen molar-refractivity contribution in [2.75, 3.05) is 19.6 Å². The summed E-state index contributed by atoms with van der Waals surface area (Å²) in [5.74, 6) is -4.09. The maximum absolute atomic E-state index is 11.6. The summed E-state index contributed by atoms with van der Waals surface area (Å²) < 4.78 is 0. The molecule has 0 bridgehead atoms. The first-order valence-electron chi connectivity index (χ1n) is 7.24. The Kier molecular flexibility index (Phi) is 6.88. The highest BCUT2D eigenvalue weighted by atomic mass is 16.4. The highest BCUT2D eigenvalue weighted by Crippen LogP contribution is 2.28. The molecule has 0 aliphatic rings. The molecule has 1 aromatic carbocycles. The molecule has 0 fully saturated rings. The van der Waals surface area contributed by atoms with Crippen LogP contribution in [0.5, 0.6) is 0 Å². The summed E-state index contributed by atoms with van der Waals surface area (Å²) in [5.41, 5.74) is 0.539. The summed E-state index contributed by atoms with van der Waals surface area (Å²) in [6, 6.07) is 8.59. The Hall–Kier alpha value is -1.88. The zero-order valence-electron chi connectivity index (χ0n) is 12.5. The summed E-state index contributed by atoms with van der Waals surface area (Å²) in [4.78, 5) is 25.2. The Bertz CT molecular complexity index is 457. The highest BCUT2D eigenvalue weighted by Gasteiger charge is 2.34. The average molecular weight is 293 g/mol. The predicted octanol–water partition coefficient (Wildman–Crippen LogP) is 2.29. The minimum absolute atomic E-state index is 0.322. The molecule has 0 spiro atoms. The monoisotopic (exact) mass is 293 g/mol. The molecule has 0 aliphatic carbocycles. The average Bonchev–Trinajstić information content (AvgIpc) is 2.47. The molecule has 1 rings (SSSR count). The maximum Gasteiger partial charge on any atom is 0.311 e. The van der Waals surface area contributed by atoms with Crippen molar-refractivity contribution in [2.45, 2.75) is 26.2 Å². The molecule has 0 amide bonds. The first-order chi connectivity index (χ1) is 10.0. The van der Waals surface area contributed by atoms with Crippen molar-refractivity contribution in [2.24, 2.45) is 5.92 Å². The molecular weight excluding hydrogens is 270 g/mol. The lowest BCUT2D eigenvalue weighted by atomic mass is 9.84. The third-order valence-electron chi connectivity index (χ3n) is 3.80. The number of carbonyl (C=O) groups is 2. The third kappa shape index (κ3) is 4.86. The summed E-state index contributed by atoms with van der Waals surface area (Å²) in [6.45, 7) is 6.24. The zero-order valence-corrected chi connectivity index (χ0v) is 12.5. The second-order valence-corrected chi connectivity index (χ2v) is 4.99. The van der Waals surface area contributed by atoms with Crippen molar-refractivity contribution in [1.29, 1.82) is 0 Å². The van der Waals surface area contributed by atoms with Gasteiger partial charge in [0.15, 0.2) is 0 Å². The molecule has 0 unspecified atom stereocenters. The third-order valence-corrected chi connectivity index (χ3v) is 3.80. The van der Waals surface area contributed by atoms with E-state index in [1.54, 1.807) is 30.3 Å². The van der Waals surface area contributed by atoms with Crippen LogP contribution >= 0.6 is 0 Å². The van der Waals surface area contributed by atoms with Gasteiger partial charge in [-0.1, -0.05) is 44.2 Å². The van der Waals surface area contributed by atoms with E-state index >= 15 is 0 Å². The van der Waals surface area contributed by atoms with Crippen LogP contribution in [-0.2, 0) is 9.59 Å². The van der Waals surface area contributed by atoms with Gasteiger partial charge in [-0.2, -0.15) is 0 Å². The molecule has 0 heterocycles. The first kappa shape index (κ1) is 17.2. The number of benzene rings is 1. The number of carboxylic acids is 2. The van der Waals surface area contributed by atoms with Crippen molar-refractivity contribution in [3.63, 3.8) is 0 Å². The molecule has 0 aliphatic heterocycles. The van der Waals surface area contributed by atoms with Gasteiger partial charge in [-0.05, 0) is 31.6 Å². The van der Waals surface area contributed by atoms with E-state index in [9.17, 15) is 19.8 Å². The SMILES string of the molecule is CCN(CC)CC[C@@H](C(=O)O)[C@@H](C(=O)O)c1ccccc1. The lowest BCUT2D eigenvalue weighted by Crippen LogP contribution is -2.33. The molecule has 5 heteroatoms. The van der Waals surface area contributed by atoms with Crippen LogP contribution in [0.4, 0.5) is 0 Å². The van der Waals surface area contributed by atoms with Gasteiger partial charge in [-0.3, -0.25) is 9.59 Å². The van der Waals surface area contributed by atoms with Crippen LogP contribution in [0.15, 0.2) is 30.3 Å². The van der Waals surface area contributed by atoms with Crippen molar-refractivity contribution in [1.82, 2.24) is 4.90 Å². The quantitative estimate of drug-likeness (QED) is 0.730. The van der Waals surface area contributed by atoms with Crippen molar-refractivity contribution < 1.29 is 19.8 Å². The van der Waals surface area contributed by atoms with E-state index in [4.69, 9.17) is 0 Å². The van der Waals surface area contributed by atoms with Gasteiger partial charge < -0.3 is 15.1 Å². The molecule has 2 N–H and O–H groups in total. The number of nitrogens with zero attached hydrogens (tertiary/aromatic N) is 1. The molecular formula is C16H23NO4. The molecule has 0 saturated carbocycles. The molecule has 0 radical (unpaired) electrons. The Morgan fingerprint density at radius 2 is 1.62 bits per heavy atom. The van der Waals surface area contributed by atoms with E-state index in [1.165, 1.54) is 0 Å². The predicted molar refractivity (Wildman–Crippen MR) is 80.3 cm³/mol. The van der Waals surface area contributed by atoms with E-state index in [-0.39, 0.29) is 0 Å². The van der Waals surface area contributed by atoms with E-state index in [2.05, 4.69) is 4.90 Å². The lowest BCUT2D eigenvalue weighted by Gasteiger charge is -2.24. The summed E-state index contributed by atoms with van der Waals surface area (Å²) >= 11 is 0. The Balaban J connectivity index is 2.94. The van der Waals surface area contributed by atoms with Crippen molar-refractivity contribution in [3.8, 4) is 0 Å². The Labute approximate surface area is 125 Å². The maximum atomic E-state index is 11.6. The largest absolute Gasteiger partial charge is 0.481 e. The zero-order chi connectivity index (χ0) is 15.8. The van der Waals surface area contributed by atoms with Gasteiger partial charge in [0.2, 0.25) is 0 Å².